The third kappa shape index (κ3) is 2.41. The van der Waals surface area contributed by atoms with Crippen molar-refractivity contribution in [2.45, 2.75) is 50.8 Å². The molecule has 0 amide bonds. The fraction of sp³-hybridized carbons (Fsp3) is 0.571. The van der Waals surface area contributed by atoms with Crippen LogP contribution in [0.4, 0.5) is 10.1 Å². The summed E-state index contributed by atoms with van der Waals surface area (Å²) in [6.07, 6.45) is 1.14. The molecule has 0 spiro atoms. The van der Waals surface area contributed by atoms with E-state index in [2.05, 4.69) is 0 Å². The molecule has 2 fully saturated rings. The van der Waals surface area contributed by atoms with Crippen molar-refractivity contribution in [2.24, 2.45) is 0 Å². The summed E-state index contributed by atoms with van der Waals surface area (Å²) in [6.45, 7) is 3.71. The molecule has 0 aromatic heterocycles. The van der Waals surface area contributed by atoms with Crippen LogP contribution in [0.15, 0.2) is 18.2 Å². The molecule has 0 radical (unpaired) electrons. The van der Waals surface area contributed by atoms with Crippen molar-refractivity contribution in [1.82, 2.24) is 0 Å². The Hall–Kier alpha value is -1.53. The molecule has 1 heterocycles. The molecule has 0 bridgehead atoms. The van der Waals surface area contributed by atoms with E-state index in [0.717, 1.165) is 12.8 Å². The van der Waals surface area contributed by atoms with Crippen molar-refractivity contribution in [2.75, 3.05) is 0 Å². The predicted molar refractivity (Wildman–Crippen MR) is 67.9 cm³/mol. The van der Waals surface area contributed by atoms with E-state index in [4.69, 9.17) is 14.2 Å². The number of halogens is 1. The topological polar surface area (TPSA) is 58.7 Å². The largest absolute Gasteiger partial charge is 0.481 e. The van der Waals surface area contributed by atoms with Crippen molar-refractivity contribution in [3.8, 4) is 5.75 Å². The van der Waals surface area contributed by atoms with Crippen molar-refractivity contribution >= 4 is 5.69 Å². The lowest BCUT2D eigenvalue weighted by Crippen LogP contribution is -2.56. The van der Waals surface area contributed by atoms with Gasteiger partial charge in [-0.25, -0.2) is 4.39 Å². The first-order chi connectivity index (χ1) is 9.48. The molecule has 1 aliphatic carbocycles. The van der Waals surface area contributed by atoms with Gasteiger partial charge in [-0.2, -0.15) is 0 Å². The van der Waals surface area contributed by atoms with E-state index in [1.807, 2.05) is 13.8 Å². The van der Waals surface area contributed by atoms with Crippen molar-refractivity contribution in [1.29, 1.82) is 0 Å². The molecule has 20 heavy (non-hydrogen) atoms. The van der Waals surface area contributed by atoms with Gasteiger partial charge in [0.15, 0.2) is 11.5 Å². The average Bonchev–Trinajstić information content (AvgIpc) is 2.86. The first-order valence-corrected chi connectivity index (χ1v) is 6.68. The van der Waals surface area contributed by atoms with Gasteiger partial charge < -0.3 is 14.2 Å². The van der Waals surface area contributed by atoms with E-state index < -0.39 is 11.6 Å². The second-order valence-corrected chi connectivity index (χ2v) is 5.61. The van der Waals surface area contributed by atoms with Gasteiger partial charge >= 0.3 is 0 Å². The molecule has 1 saturated carbocycles. The standard InChI is InChI=1S/C14H16FNO4/c1-14(2)19-11-6-5-10(13(11)20-14)18-12-7-8(15)3-4-9(12)16-17/h3-4,7,10-11,13H,5-6H2,1-2H3/p+1/t10-,11-,13+/m1/s1. The van der Waals surface area contributed by atoms with Gasteiger partial charge in [0.05, 0.1) is 6.10 Å². The van der Waals surface area contributed by atoms with E-state index in [1.54, 1.807) is 5.18 Å². The molecule has 108 valence electrons. The molecule has 5 nitrogen and oxygen atoms in total. The molecule has 3 rings (SSSR count). The summed E-state index contributed by atoms with van der Waals surface area (Å²) in [5.41, 5.74) is 0.216. The third-order valence-electron chi connectivity index (χ3n) is 3.66. The van der Waals surface area contributed by atoms with E-state index in [0.29, 0.717) is 0 Å². The molecular weight excluding hydrogens is 265 g/mol. The molecule has 3 atom stereocenters. The predicted octanol–water partition coefficient (Wildman–Crippen LogP) is 1.37. The number of hydrogen-bond donors (Lipinski definition) is 1. The number of hydrogen-bond acceptors (Lipinski definition) is 4. The summed E-state index contributed by atoms with van der Waals surface area (Å²) in [6, 6.07) is 3.78. The highest BCUT2D eigenvalue weighted by Gasteiger charge is 2.50. The molecule has 1 aromatic carbocycles. The van der Waals surface area contributed by atoms with Crippen molar-refractivity contribution in [3.63, 3.8) is 0 Å². The van der Waals surface area contributed by atoms with E-state index in [9.17, 15) is 9.30 Å². The maximum absolute atomic E-state index is 13.3. The van der Waals surface area contributed by atoms with Crippen LogP contribution < -0.4 is 9.91 Å². The summed E-state index contributed by atoms with van der Waals surface area (Å²) in [5.74, 6) is -0.865. The quantitative estimate of drug-likeness (QED) is 0.909. The van der Waals surface area contributed by atoms with Crippen LogP contribution >= 0.6 is 0 Å². The summed E-state index contributed by atoms with van der Waals surface area (Å²) in [4.78, 5) is 10.9. The SMILES string of the molecule is CC1(C)O[C@H]2[C@H](Oc3cc(F)ccc3[NH+]=O)CC[C@H]2O1. The van der Waals surface area contributed by atoms with E-state index in [-0.39, 0.29) is 29.7 Å². The van der Waals surface area contributed by atoms with Gasteiger partial charge in [0.25, 0.3) is 5.69 Å². The van der Waals surface area contributed by atoms with E-state index in [1.165, 1.54) is 18.2 Å². The Morgan fingerprint density at radius 2 is 2.15 bits per heavy atom. The molecule has 1 aliphatic heterocycles. The van der Waals surface area contributed by atoms with Crippen LogP contribution in [0.5, 0.6) is 5.75 Å². The van der Waals surface area contributed by atoms with E-state index >= 15 is 0 Å². The molecule has 1 saturated heterocycles. The number of benzene rings is 1. The van der Waals surface area contributed by atoms with Gasteiger partial charge in [-0.15, -0.1) is 0 Å². The maximum atomic E-state index is 13.3. The third-order valence-corrected chi connectivity index (χ3v) is 3.66. The monoisotopic (exact) mass is 282 g/mol. The number of nitrogens with one attached hydrogen (secondary N) is 1. The second-order valence-electron chi connectivity index (χ2n) is 5.61. The molecule has 6 heteroatoms. The molecular formula is C14H17FNO4+. The van der Waals surface area contributed by atoms with Gasteiger partial charge in [0.1, 0.15) is 18.0 Å². The number of ether oxygens (including phenoxy) is 3. The normalized spacial score (nSPS) is 31.1. The first kappa shape index (κ1) is 13.5. The maximum Gasteiger partial charge on any atom is 0.295 e. The smallest absolute Gasteiger partial charge is 0.295 e. The zero-order chi connectivity index (χ0) is 14.3. The van der Waals surface area contributed by atoms with Gasteiger partial charge in [-0.3, -0.25) is 0 Å². The van der Waals surface area contributed by atoms with Crippen molar-refractivity contribution < 1.29 is 23.8 Å². The van der Waals surface area contributed by atoms with Crippen molar-refractivity contribution in [3.05, 3.63) is 28.9 Å². The van der Waals surface area contributed by atoms with Crippen LogP contribution in [0.25, 0.3) is 0 Å². The average molecular weight is 282 g/mol. The Kier molecular flexibility index (Phi) is 3.22. The lowest BCUT2D eigenvalue weighted by molar-refractivity contribution is -0.380. The zero-order valence-electron chi connectivity index (χ0n) is 11.4. The van der Waals surface area contributed by atoms with Crippen LogP contribution in [-0.4, -0.2) is 24.1 Å². The summed E-state index contributed by atoms with van der Waals surface area (Å²) in [5, 5.41) is 1.76. The highest BCUT2D eigenvalue weighted by atomic mass is 19.1. The molecule has 1 aromatic rings. The van der Waals surface area contributed by atoms with Gasteiger partial charge in [-0.1, -0.05) is 0 Å². The minimum absolute atomic E-state index is 0.00720. The molecule has 0 unspecified atom stereocenters. The second kappa shape index (κ2) is 4.79. The summed E-state index contributed by atoms with van der Waals surface area (Å²) >= 11 is 0. The number of fused-ring (bicyclic) bond motifs is 1. The minimum atomic E-state index is -0.626. The Morgan fingerprint density at radius 3 is 2.90 bits per heavy atom. The molecule has 1 N–H and O–H groups in total. The van der Waals surface area contributed by atoms with Crippen LogP contribution in [0, 0.1) is 10.7 Å². The van der Waals surface area contributed by atoms with Crippen LogP contribution in [0.3, 0.4) is 0 Å². The first-order valence-electron chi connectivity index (χ1n) is 6.68. The fourth-order valence-electron chi connectivity index (χ4n) is 2.86. The zero-order valence-corrected chi connectivity index (χ0v) is 11.4. The highest BCUT2D eigenvalue weighted by Crippen LogP contribution is 2.40. The Balaban J connectivity index is 1.79. The number of nitroso groups, excluding NO2 is 1. The van der Waals surface area contributed by atoms with Crippen LogP contribution in [0.1, 0.15) is 26.7 Å². The van der Waals surface area contributed by atoms with Crippen LogP contribution in [-0.2, 0) is 9.47 Å². The van der Waals surface area contributed by atoms with Gasteiger partial charge in [0, 0.05) is 22.2 Å². The Labute approximate surface area is 116 Å². The van der Waals surface area contributed by atoms with Gasteiger partial charge in [-0.05, 0) is 32.8 Å². The fourth-order valence-corrected chi connectivity index (χ4v) is 2.86. The lowest BCUT2D eigenvalue weighted by Gasteiger charge is -2.22. The molecule has 2 aliphatic rings. The minimum Gasteiger partial charge on any atom is -0.481 e. The highest BCUT2D eigenvalue weighted by molar-refractivity contribution is 5.45. The Morgan fingerprint density at radius 1 is 1.35 bits per heavy atom. The summed E-state index contributed by atoms with van der Waals surface area (Å²) < 4.78 is 30.6. The summed E-state index contributed by atoms with van der Waals surface area (Å²) in [7, 11) is 0. The van der Waals surface area contributed by atoms with Crippen LogP contribution in [0.2, 0.25) is 0 Å². The number of rotatable bonds is 3. The Bertz CT molecular complexity index is 534. The lowest BCUT2D eigenvalue weighted by atomic mass is 10.2. The van der Waals surface area contributed by atoms with Gasteiger partial charge in [0.2, 0.25) is 0 Å².